The zero-order valence-electron chi connectivity index (χ0n) is 20.3. The fourth-order valence-corrected chi connectivity index (χ4v) is 6.21. The van der Waals surface area contributed by atoms with E-state index in [9.17, 15) is 9.59 Å². The maximum atomic E-state index is 12.3. The summed E-state index contributed by atoms with van der Waals surface area (Å²) < 4.78 is 7.72. The van der Waals surface area contributed by atoms with Crippen LogP contribution in [0.25, 0.3) is 0 Å². The maximum absolute atomic E-state index is 12.3. The second-order valence-corrected chi connectivity index (χ2v) is 10.3. The Bertz CT molecular complexity index is 1020. The molecule has 1 amide bonds. The Kier molecular flexibility index (Phi) is 6.73. The Hall–Kier alpha value is -2.67. The fourth-order valence-electron chi connectivity index (χ4n) is 6.21. The van der Waals surface area contributed by atoms with Crippen molar-refractivity contribution in [3.05, 3.63) is 47.3 Å². The number of amides is 1. The van der Waals surface area contributed by atoms with Crippen molar-refractivity contribution in [2.45, 2.75) is 69.7 Å². The van der Waals surface area contributed by atoms with Gasteiger partial charge in [0.25, 0.3) is 0 Å². The van der Waals surface area contributed by atoms with Gasteiger partial charge in [-0.25, -0.2) is 4.79 Å². The topological polar surface area (TPSA) is 76.5 Å². The minimum atomic E-state index is -0.446. The molecule has 1 aromatic heterocycles. The summed E-state index contributed by atoms with van der Waals surface area (Å²) in [4.78, 5) is 26.2. The molecule has 4 heterocycles. The number of rotatable bonds is 6. The third-order valence-electron chi connectivity index (χ3n) is 8.16. The zero-order chi connectivity index (χ0) is 23.7. The van der Waals surface area contributed by atoms with Gasteiger partial charge >= 0.3 is 6.09 Å². The van der Waals surface area contributed by atoms with Crippen molar-refractivity contribution in [2.24, 2.45) is 13.0 Å². The Morgan fingerprint density at radius 3 is 2.56 bits per heavy atom. The minimum Gasteiger partial charge on any atom is -0.448 e. The van der Waals surface area contributed by atoms with Gasteiger partial charge in [0.1, 0.15) is 6.61 Å². The number of carbonyl (C=O) groups is 2. The number of anilines is 1. The van der Waals surface area contributed by atoms with E-state index in [1.54, 1.807) is 24.3 Å². The van der Waals surface area contributed by atoms with Gasteiger partial charge in [0.15, 0.2) is 5.78 Å². The van der Waals surface area contributed by atoms with Gasteiger partial charge in [0.05, 0.1) is 5.69 Å². The van der Waals surface area contributed by atoms with E-state index in [4.69, 9.17) is 9.84 Å². The van der Waals surface area contributed by atoms with Crippen LogP contribution in [0.5, 0.6) is 0 Å². The highest BCUT2D eigenvalue weighted by atomic mass is 16.5. The van der Waals surface area contributed by atoms with Crippen molar-refractivity contribution in [1.29, 1.82) is 0 Å². The summed E-state index contributed by atoms with van der Waals surface area (Å²) in [6, 6.07) is 9.53. The zero-order valence-corrected chi connectivity index (χ0v) is 20.3. The van der Waals surface area contributed by atoms with Crippen molar-refractivity contribution in [3.8, 4) is 0 Å². The second kappa shape index (κ2) is 9.90. The van der Waals surface area contributed by atoms with Gasteiger partial charge in [-0.15, -0.1) is 0 Å². The number of nitrogens with zero attached hydrogens (tertiary/aromatic N) is 3. The molecule has 1 aromatic carbocycles. The lowest BCUT2D eigenvalue weighted by molar-refractivity contribution is -0.00222. The standard InChI is InChI=1S/C27H36N4O3/c1-18(32)19-8-10-22(11-9-19)28-27(33)34-17-23-14-21-12-13-31(23)16-24(21)26-15-25(29-30(26)2)20-6-4-3-5-7-20/h8-11,15,20-21,23-24H,3-7,12-14,16-17H2,1-2H3,(H,28,33)/t21-,23-,24+/m1/s1. The number of carbonyl (C=O) groups excluding carboxylic acids is 2. The highest BCUT2D eigenvalue weighted by Gasteiger charge is 2.42. The third kappa shape index (κ3) is 4.90. The van der Waals surface area contributed by atoms with Crippen LogP contribution in [0.1, 0.15) is 85.5 Å². The molecule has 3 saturated heterocycles. The second-order valence-electron chi connectivity index (χ2n) is 10.3. The van der Waals surface area contributed by atoms with E-state index in [1.807, 2.05) is 0 Å². The Morgan fingerprint density at radius 2 is 1.88 bits per heavy atom. The van der Waals surface area contributed by atoms with Crippen LogP contribution < -0.4 is 5.32 Å². The summed E-state index contributed by atoms with van der Waals surface area (Å²) in [6.07, 6.45) is 8.37. The van der Waals surface area contributed by atoms with E-state index in [-0.39, 0.29) is 11.8 Å². The first-order valence-electron chi connectivity index (χ1n) is 12.8. The maximum Gasteiger partial charge on any atom is 0.411 e. The predicted molar refractivity (Wildman–Crippen MR) is 131 cm³/mol. The number of fused-ring (bicyclic) bond motifs is 3. The normalized spacial score (nSPS) is 26.9. The molecular formula is C27H36N4O3. The van der Waals surface area contributed by atoms with E-state index in [0.717, 1.165) is 19.5 Å². The van der Waals surface area contributed by atoms with Gasteiger partial charge < -0.3 is 4.74 Å². The van der Waals surface area contributed by atoms with Crippen molar-refractivity contribution < 1.29 is 14.3 Å². The first kappa shape index (κ1) is 23.1. The van der Waals surface area contributed by atoms with Crippen molar-refractivity contribution >= 4 is 17.6 Å². The summed E-state index contributed by atoms with van der Waals surface area (Å²) in [5.41, 5.74) is 3.92. The molecule has 4 atom stereocenters. The summed E-state index contributed by atoms with van der Waals surface area (Å²) in [7, 11) is 2.10. The van der Waals surface area contributed by atoms with Gasteiger partial charge in [-0.3, -0.25) is 19.7 Å². The molecular weight excluding hydrogens is 428 g/mol. The van der Waals surface area contributed by atoms with Crippen LogP contribution in [-0.4, -0.2) is 52.3 Å². The number of nitrogens with one attached hydrogen (secondary N) is 1. The fraction of sp³-hybridized carbons (Fsp3) is 0.593. The number of benzene rings is 1. The Labute approximate surface area is 201 Å². The molecule has 7 nitrogen and oxygen atoms in total. The quantitative estimate of drug-likeness (QED) is 0.602. The molecule has 7 heteroatoms. The molecule has 1 unspecified atom stereocenters. The van der Waals surface area contributed by atoms with Gasteiger partial charge in [0, 0.05) is 48.4 Å². The number of ether oxygens (including phenoxy) is 1. The van der Waals surface area contributed by atoms with Crippen LogP contribution in [-0.2, 0) is 11.8 Å². The molecule has 6 rings (SSSR count). The molecule has 1 aliphatic carbocycles. The van der Waals surface area contributed by atoms with Gasteiger partial charge in [0.2, 0.25) is 0 Å². The molecule has 3 aliphatic heterocycles. The van der Waals surface area contributed by atoms with Gasteiger partial charge in [-0.2, -0.15) is 5.10 Å². The van der Waals surface area contributed by atoms with Crippen LogP contribution >= 0.6 is 0 Å². The van der Waals surface area contributed by atoms with E-state index in [2.05, 4.69) is 28.0 Å². The molecule has 2 aromatic rings. The van der Waals surface area contributed by atoms with Crippen LogP contribution in [0.15, 0.2) is 30.3 Å². The molecule has 1 saturated carbocycles. The molecule has 2 bridgehead atoms. The average Bonchev–Trinajstić information content (AvgIpc) is 3.25. The van der Waals surface area contributed by atoms with Crippen LogP contribution in [0.2, 0.25) is 0 Å². The number of ketones is 1. The Balaban J connectivity index is 1.15. The smallest absolute Gasteiger partial charge is 0.411 e. The van der Waals surface area contributed by atoms with Gasteiger partial charge in [-0.05, 0) is 75.4 Å². The summed E-state index contributed by atoms with van der Waals surface area (Å²) in [5.74, 6) is 1.75. The number of piperidine rings is 3. The summed E-state index contributed by atoms with van der Waals surface area (Å²) in [6.45, 7) is 4.00. The van der Waals surface area contributed by atoms with Crippen LogP contribution in [0.4, 0.5) is 10.5 Å². The molecule has 182 valence electrons. The number of aromatic nitrogens is 2. The van der Waals surface area contributed by atoms with E-state index >= 15 is 0 Å². The lowest BCUT2D eigenvalue weighted by Crippen LogP contribution is -2.54. The predicted octanol–water partition coefficient (Wildman–Crippen LogP) is 5.10. The molecule has 1 N–H and O–H groups in total. The Morgan fingerprint density at radius 1 is 1.12 bits per heavy atom. The highest BCUT2D eigenvalue weighted by molar-refractivity contribution is 5.94. The third-order valence-corrected chi connectivity index (χ3v) is 8.16. The molecule has 0 spiro atoms. The van der Waals surface area contributed by atoms with Crippen LogP contribution in [0, 0.1) is 5.92 Å². The van der Waals surface area contributed by atoms with E-state index < -0.39 is 6.09 Å². The summed E-state index contributed by atoms with van der Waals surface area (Å²) >= 11 is 0. The largest absolute Gasteiger partial charge is 0.448 e. The van der Waals surface area contributed by atoms with Crippen molar-refractivity contribution in [3.63, 3.8) is 0 Å². The van der Waals surface area contributed by atoms with E-state index in [1.165, 1.54) is 56.8 Å². The molecule has 0 radical (unpaired) electrons. The van der Waals surface area contributed by atoms with Gasteiger partial charge in [-0.1, -0.05) is 19.3 Å². The lowest BCUT2D eigenvalue weighted by atomic mass is 9.74. The number of aryl methyl sites for hydroxylation is 1. The summed E-state index contributed by atoms with van der Waals surface area (Å²) in [5, 5.41) is 7.69. The molecule has 34 heavy (non-hydrogen) atoms. The first-order valence-corrected chi connectivity index (χ1v) is 12.8. The van der Waals surface area contributed by atoms with Crippen molar-refractivity contribution in [2.75, 3.05) is 25.0 Å². The first-order chi connectivity index (χ1) is 16.5. The monoisotopic (exact) mass is 464 g/mol. The van der Waals surface area contributed by atoms with Crippen molar-refractivity contribution in [1.82, 2.24) is 14.7 Å². The highest BCUT2D eigenvalue weighted by Crippen LogP contribution is 2.43. The number of Topliss-reactive ketones (excluding diaryl/α,β-unsaturated/α-hetero) is 1. The number of hydrogen-bond acceptors (Lipinski definition) is 5. The SMILES string of the molecule is CC(=O)c1ccc(NC(=O)OC[C@H]2C[C@H]3CCN2C[C@@H]3c2cc(C3CCCCC3)nn2C)cc1. The average molecular weight is 465 g/mol. The molecule has 4 fully saturated rings. The number of hydrogen-bond donors (Lipinski definition) is 1. The minimum absolute atomic E-state index is 0.00478. The lowest BCUT2D eigenvalue weighted by Gasteiger charge is -2.49. The molecule has 4 aliphatic rings. The van der Waals surface area contributed by atoms with E-state index in [0.29, 0.717) is 35.6 Å². The van der Waals surface area contributed by atoms with Crippen LogP contribution in [0.3, 0.4) is 0 Å².